The molecule has 0 aliphatic heterocycles. The van der Waals surface area contributed by atoms with Gasteiger partial charge in [0.2, 0.25) is 5.95 Å². The number of hydrogen-bond donors (Lipinski definition) is 1. The molecule has 1 N–H and O–H groups in total. The average molecular weight is 405 g/mol. The van der Waals surface area contributed by atoms with E-state index in [-0.39, 0.29) is 5.91 Å². The smallest absolute Gasteiger partial charge is 0.253 e. The van der Waals surface area contributed by atoms with Gasteiger partial charge in [-0.25, -0.2) is 9.97 Å². The summed E-state index contributed by atoms with van der Waals surface area (Å²) in [6.07, 6.45) is 8.04. The third-order valence-corrected chi connectivity index (χ3v) is 5.13. The maximum Gasteiger partial charge on any atom is 0.253 e. The van der Waals surface area contributed by atoms with Gasteiger partial charge < -0.3 is 5.32 Å². The van der Waals surface area contributed by atoms with Crippen LogP contribution in [0.2, 0.25) is 5.02 Å². The van der Waals surface area contributed by atoms with Crippen molar-refractivity contribution in [2.24, 2.45) is 0 Å². The van der Waals surface area contributed by atoms with Crippen LogP contribution in [-0.4, -0.2) is 27.0 Å². The van der Waals surface area contributed by atoms with Gasteiger partial charge in [0.05, 0.1) is 16.1 Å². The first-order valence-corrected chi connectivity index (χ1v) is 10.0. The summed E-state index contributed by atoms with van der Waals surface area (Å²) in [5.74, 6) is 0.360. The van der Waals surface area contributed by atoms with Crippen molar-refractivity contribution in [2.75, 3.05) is 6.54 Å². The Bertz CT molecular complexity index is 1110. The molecule has 0 aliphatic rings. The molecule has 0 atom stereocenters. The third-order valence-electron chi connectivity index (χ3n) is 4.81. The summed E-state index contributed by atoms with van der Waals surface area (Å²) in [5, 5.41) is 4.26. The first-order chi connectivity index (χ1) is 14.2. The summed E-state index contributed by atoms with van der Waals surface area (Å²) in [5.41, 5.74) is 2.65. The number of rotatable bonds is 7. The van der Waals surface area contributed by atoms with E-state index in [4.69, 9.17) is 11.6 Å². The number of aryl methyl sites for hydroxylation is 1. The molecule has 0 bridgehead atoms. The number of aromatic nitrogens is 3. The number of halogens is 1. The molecule has 0 fully saturated rings. The number of carbonyl (C=O) groups is 1. The highest BCUT2D eigenvalue weighted by Gasteiger charge is 2.18. The number of amides is 1. The van der Waals surface area contributed by atoms with E-state index >= 15 is 0 Å². The van der Waals surface area contributed by atoms with Gasteiger partial charge in [0.1, 0.15) is 0 Å². The predicted octanol–water partition coefficient (Wildman–Crippen LogP) is 4.83. The van der Waals surface area contributed by atoms with Crippen LogP contribution in [0.1, 0.15) is 28.8 Å². The van der Waals surface area contributed by atoms with Crippen LogP contribution < -0.4 is 5.32 Å². The highest BCUT2D eigenvalue weighted by Crippen LogP contribution is 2.30. The van der Waals surface area contributed by atoms with E-state index in [1.165, 1.54) is 5.56 Å². The second-order valence-corrected chi connectivity index (χ2v) is 7.20. The van der Waals surface area contributed by atoms with Gasteiger partial charge in [-0.1, -0.05) is 48.0 Å². The average Bonchev–Trinajstić information content (AvgIpc) is 3.16. The molecule has 6 heteroatoms. The van der Waals surface area contributed by atoms with Gasteiger partial charge in [0.15, 0.2) is 0 Å². The fraction of sp³-hybridized carbons (Fsp3) is 0.174. The van der Waals surface area contributed by atoms with E-state index in [2.05, 4.69) is 27.4 Å². The standard InChI is InChI=1S/C23H21ClN4O/c24-19-11-6-12-20-21(19)18(16-28(20)23-26-14-7-15-27-23)22(29)25-13-5-4-10-17-8-2-1-3-9-17/h1-3,6-9,11-12,14-16H,4-5,10,13H2,(H,25,29). The molecule has 4 rings (SSSR count). The highest BCUT2D eigenvalue weighted by atomic mass is 35.5. The number of unbranched alkanes of at least 4 members (excludes halogenated alkanes) is 1. The van der Waals surface area contributed by atoms with Gasteiger partial charge in [0, 0.05) is 30.5 Å². The molecular formula is C23H21ClN4O. The Morgan fingerprint density at radius 1 is 0.966 bits per heavy atom. The molecule has 0 saturated carbocycles. The van der Waals surface area contributed by atoms with Crippen LogP contribution in [0.15, 0.2) is 73.2 Å². The number of fused-ring (bicyclic) bond motifs is 1. The largest absolute Gasteiger partial charge is 0.352 e. The second-order valence-electron chi connectivity index (χ2n) is 6.79. The minimum absolute atomic E-state index is 0.141. The molecule has 4 aromatic rings. The van der Waals surface area contributed by atoms with Crippen molar-refractivity contribution < 1.29 is 4.79 Å². The molecule has 2 heterocycles. The maximum atomic E-state index is 12.9. The molecule has 29 heavy (non-hydrogen) atoms. The van der Waals surface area contributed by atoms with Crippen molar-refractivity contribution in [2.45, 2.75) is 19.3 Å². The third kappa shape index (κ3) is 4.30. The van der Waals surface area contributed by atoms with Crippen molar-refractivity contribution in [3.63, 3.8) is 0 Å². The van der Waals surface area contributed by atoms with E-state index in [0.717, 1.165) is 24.8 Å². The Kier molecular flexibility index (Phi) is 5.86. The zero-order chi connectivity index (χ0) is 20.1. The van der Waals surface area contributed by atoms with Crippen LogP contribution >= 0.6 is 11.6 Å². The maximum absolute atomic E-state index is 12.9. The van der Waals surface area contributed by atoms with E-state index in [0.29, 0.717) is 28.5 Å². The minimum Gasteiger partial charge on any atom is -0.352 e. The van der Waals surface area contributed by atoms with E-state index in [1.807, 2.05) is 30.3 Å². The molecule has 1 amide bonds. The summed E-state index contributed by atoms with van der Waals surface area (Å²) >= 11 is 6.42. The molecule has 5 nitrogen and oxygen atoms in total. The summed E-state index contributed by atoms with van der Waals surface area (Å²) in [7, 11) is 0. The first kappa shape index (κ1) is 19.2. The van der Waals surface area contributed by atoms with Crippen LogP contribution in [0.25, 0.3) is 16.9 Å². The Labute approximate surface area is 174 Å². The van der Waals surface area contributed by atoms with Crippen LogP contribution in [0.4, 0.5) is 0 Å². The van der Waals surface area contributed by atoms with Gasteiger partial charge in [-0.05, 0) is 43.0 Å². The normalized spacial score (nSPS) is 10.9. The van der Waals surface area contributed by atoms with Gasteiger partial charge in [-0.3, -0.25) is 9.36 Å². The topological polar surface area (TPSA) is 59.8 Å². The lowest BCUT2D eigenvalue weighted by molar-refractivity contribution is 0.0954. The minimum atomic E-state index is -0.141. The molecule has 2 aromatic carbocycles. The second kappa shape index (κ2) is 8.88. The first-order valence-electron chi connectivity index (χ1n) is 9.63. The summed E-state index contributed by atoms with van der Waals surface area (Å²) in [6, 6.07) is 17.7. The molecule has 0 unspecified atom stereocenters. The Balaban J connectivity index is 1.47. The fourth-order valence-corrected chi connectivity index (χ4v) is 3.66. The molecule has 2 aromatic heterocycles. The highest BCUT2D eigenvalue weighted by molar-refractivity contribution is 6.37. The van der Waals surface area contributed by atoms with Crippen LogP contribution in [0, 0.1) is 0 Å². The van der Waals surface area contributed by atoms with Crippen molar-refractivity contribution >= 4 is 28.4 Å². The van der Waals surface area contributed by atoms with Crippen molar-refractivity contribution in [3.05, 3.63) is 89.3 Å². The molecule has 0 saturated heterocycles. The molecule has 146 valence electrons. The van der Waals surface area contributed by atoms with Crippen molar-refractivity contribution in [1.29, 1.82) is 0 Å². The van der Waals surface area contributed by atoms with Crippen molar-refractivity contribution in [1.82, 2.24) is 19.9 Å². The molecular weight excluding hydrogens is 384 g/mol. The van der Waals surface area contributed by atoms with E-state index < -0.39 is 0 Å². The van der Waals surface area contributed by atoms with E-state index in [9.17, 15) is 4.79 Å². The number of nitrogens with one attached hydrogen (secondary N) is 1. The van der Waals surface area contributed by atoms with Gasteiger partial charge in [-0.2, -0.15) is 0 Å². The number of hydrogen-bond acceptors (Lipinski definition) is 3. The summed E-state index contributed by atoms with van der Waals surface area (Å²) in [4.78, 5) is 21.5. The van der Waals surface area contributed by atoms with Gasteiger partial charge >= 0.3 is 0 Å². The molecule has 0 spiro atoms. The SMILES string of the molecule is O=C(NCCCCc1ccccc1)c1cn(-c2ncccn2)c2cccc(Cl)c12. The zero-order valence-corrected chi connectivity index (χ0v) is 16.6. The van der Waals surface area contributed by atoms with Crippen LogP contribution in [0.3, 0.4) is 0 Å². The van der Waals surface area contributed by atoms with Gasteiger partial charge in [0.25, 0.3) is 5.91 Å². The Morgan fingerprint density at radius 3 is 2.55 bits per heavy atom. The van der Waals surface area contributed by atoms with E-state index in [1.54, 1.807) is 35.3 Å². The number of benzene rings is 2. The fourth-order valence-electron chi connectivity index (χ4n) is 3.39. The van der Waals surface area contributed by atoms with Gasteiger partial charge in [-0.15, -0.1) is 0 Å². The molecule has 0 aliphatic carbocycles. The number of nitrogens with zero attached hydrogens (tertiary/aromatic N) is 3. The van der Waals surface area contributed by atoms with Crippen LogP contribution in [0.5, 0.6) is 0 Å². The van der Waals surface area contributed by atoms with Crippen LogP contribution in [-0.2, 0) is 6.42 Å². The lowest BCUT2D eigenvalue weighted by atomic mass is 10.1. The predicted molar refractivity (Wildman–Crippen MR) is 116 cm³/mol. The Morgan fingerprint density at radius 2 is 1.76 bits per heavy atom. The summed E-state index contributed by atoms with van der Waals surface area (Å²) in [6.45, 7) is 0.616. The zero-order valence-electron chi connectivity index (χ0n) is 15.9. The van der Waals surface area contributed by atoms with Crippen molar-refractivity contribution in [3.8, 4) is 5.95 Å². The lowest BCUT2D eigenvalue weighted by Gasteiger charge is -2.05. The molecule has 0 radical (unpaired) electrons. The quantitative estimate of drug-likeness (QED) is 0.449. The Hall–Kier alpha value is -3.18. The lowest BCUT2D eigenvalue weighted by Crippen LogP contribution is -2.24. The summed E-state index contributed by atoms with van der Waals surface area (Å²) < 4.78 is 1.80. The monoisotopic (exact) mass is 404 g/mol. The number of carbonyl (C=O) groups excluding carboxylic acids is 1.